The predicted octanol–water partition coefficient (Wildman–Crippen LogP) is 5.23. The standard InChI is InChI=1S/C16H11ClIN/c1-11-6-5-9-13(16(11)18)15(17)14(10-19)12-7-3-2-4-8-12/h2-9H,1H3/b15-14+. The molecule has 94 valence electrons. The first-order valence-corrected chi connectivity index (χ1v) is 7.21. The van der Waals surface area contributed by atoms with Crippen LogP contribution in [-0.2, 0) is 0 Å². The van der Waals surface area contributed by atoms with Crippen LogP contribution in [0.3, 0.4) is 0 Å². The van der Waals surface area contributed by atoms with E-state index in [4.69, 9.17) is 11.6 Å². The van der Waals surface area contributed by atoms with Crippen molar-refractivity contribution in [3.05, 3.63) is 68.8 Å². The molecule has 0 aliphatic rings. The molecule has 0 atom stereocenters. The second kappa shape index (κ2) is 6.23. The highest BCUT2D eigenvalue weighted by molar-refractivity contribution is 14.1. The summed E-state index contributed by atoms with van der Waals surface area (Å²) in [5.41, 5.74) is 3.40. The lowest BCUT2D eigenvalue weighted by Gasteiger charge is -2.08. The van der Waals surface area contributed by atoms with Crippen molar-refractivity contribution in [2.24, 2.45) is 0 Å². The van der Waals surface area contributed by atoms with Crippen LogP contribution in [0.1, 0.15) is 16.7 Å². The summed E-state index contributed by atoms with van der Waals surface area (Å²) in [5.74, 6) is 0. The molecule has 0 heterocycles. The molecule has 0 spiro atoms. The molecule has 19 heavy (non-hydrogen) atoms. The highest BCUT2D eigenvalue weighted by atomic mass is 127. The van der Waals surface area contributed by atoms with Crippen molar-refractivity contribution in [1.82, 2.24) is 0 Å². The van der Waals surface area contributed by atoms with Crippen LogP contribution in [0, 0.1) is 21.8 Å². The summed E-state index contributed by atoms with van der Waals surface area (Å²) < 4.78 is 1.08. The Labute approximate surface area is 131 Å². The maximum atomic E-state index is 9.38. The number of hydrogen-bond acceptors (Lipinski definition) is 1. The molecule has 0 unspecified atom stereocenters. The van der Waals surface area contributed by atoms with E-state index in [0.29, 0.717) is 10.6 Å². The summed E-state index contributed by atoms with van der Waals surface area (Å²) in [6.07, 6.45) is 0. The van der Waals surface area contributed by atoms with Crippen LogP contribution in [0.15, 0.2) is 48.5 Å². The van der Waals surface area contributed by atoms with Gasteiger partial charge in [0.1, 0.15) is 6.07 Å². The zero-order chi connectivity index (χ0) is 13.8. The van der Waals surface area contributed by atoms with Gasteiger partial charge in [0.2, 0.25) is 0 Å². The van der Waals surface area contributed by atoms with Gasteiger partial charge in [-0.3, -0.25) is 0 Å². The van der Waals surface area contributed by atoms with Crippen LogP contribution in [0.25, 0.3) is 10.6 Å². The molecule has 0 saturated carbocycles. The molecule has 0 N–H and O–H groups in total. The maximum Gasteiger partial charge on any atom is 0.101 e. The average molecular weight is 380 g/mol. The van der Waals surface area contributed by atoms with Gasteiger partial charge in [-0.2, -0.15) is 5.26 Å². The van der Waals surface area contributed by atoms with Gasteiger partial charge in [-0.1, -0.05) is 60.1 Å². The highest BCUT2D eigenvalue weighted by Gasteiger charge is 2.12. The van der Waals surface area contributed by atoms with Crippen molar-refractivity contribution in [3.63, 3.8) is 0 Å². The van der Waals surface area contributed by atoms with Crippen molar-refractivity contribution < 1.29 is 0 Å². The van der Waals surface area contributed by atoms with E-state index in [1.807, 2.05) is 55.5 Å². The molecule has 0 aromatic heterocycles. The third kappa shape index (κ3) is 2.99. The molecule has 2 aromatic rings. The molecule has 2 rings (SSSR count). The fourth-order valence-electron chi connectivity index (χ4n) is 1.80. The Hall–Kier alpha value is -1.31. The smallest absolute Gasteiger partial charge is 0.101 e. The molecule has 0 bridgehead atoms. The molecule has 0 saturated heterocycles. The van der Waals surface area contributed by atoms with Crippen molar-refractivity contribution in [2.75, 3.05) is 0 Å². The van der Waals surface area contributed by atoms with Crippen molar-refractivity contribution in [3.8, 4) is 6.07 Å². The maximum absolute atomic E-state index is 9.38. The minimum atomic E-state index is 0.502. The fourth-order valence-corrected chi connectivity index (χ4v) is 2.89. The minimum Gasteiger partial charge on any atom is -0.192 e. The molecular formula is C16H11ClIN. The van der Waals surface area contributed by atoms with Crippen LogP contribution in [0.5, 0.6) is 0 Å². The van der Waals surface area contributed by atoms with E-state index in [9.17, 15) is 5.26 Å². The van der Waals surface area contributed by atoms with E-state index in [1.54, 1.807) is 0 Å². The van der Waals surface area contributed by atoms with Gasteiger partial charge < -0.3 is 0 Å². The molecule has 0 aliphatic carbocycles. The Bertz CT molecular complexity index is 669. The Morgan fingerprint density at radius 1 is 1.11 bits per heavy atom. The zero-order valence-corrected chi connectivity index (χ0v) is 13.2. The second-order valence-corrected chi connectivity index (χ2v) is 5.56. The molecule has 1 nitrogen and oxygen atoms in total. The normalized spacial score (nSPS) is 11.7. The molecule has 0 radical (unpaired) electrons. The first-order chi connectivity index (χ1) is 9.15. The predicted molar refractivity (Wildman–Crippen MR) is 88.6 cm³/mol. The SMILES string of the molecule is Cc1cccc(/C(Cl)=C(/C#N)c2ccccc2)c1I. The summed E-state index contributed by atoms with van der Waals surface area (Å²) >= 11 is 8.70. The second-order valence-electron chi connectivity index (χ2n) is 4.10. The Morgan fingerprint density at radius 2 is 1.79 bits per heavy atom. The van der Waals surface area contributed by atoms with Gasteiger partial charge in [-0.05, 0) is 40.6 Å². The van der Waals surface area contributed by atoms with Gasteiger partial charge in [0.15, 0.2) is 0 Å². The van der Waals surface area contributed by atoms with Crippen LogP contribution >= 0.6 is 34.2 Å². The van der Waals surface area contributed by atoms with E-state index in [1.165, 1.54) is 0 Å². The summed E-state index contributed by atoms with van der Waals surface area (Å²) in [5, 5.41) is 9.88. The van der Waals surface area contributed by atoms with Crippen molar-refractivity contribution in [2.45, 2.75) is 6.92 Å². The van der Waals surface area contributed by atoms with E-state index < -0.39 is 0 Å². The van der Waals surface area contributed by atoms with E-state index in [2.05, 4.69) is 28.7 Å². The monoisotopic (exact) mass is 379 g/mol. The topological polar surface area (TPSA) is 23.8 Å². The molecule has 0 fully saturated rings. The Balaban J connectivity index is 2.63. The van der Waals surface area contributed by atoms with Gasteiger partial charge in [-0.25, -0.2) is 0 Å². The minimum absolute atomic E-state index is 0.502. The highest BCUT2D eigenvalue weighted by Crippen LogP contribution is 2.32. The van der Waals surface area contributed by atoms with Crippen molar-refractivity contribution >= 4 is 44.8 Å². The van der Waals surface area contributed by atoms with E-state index in [0.717, 1.165) is 20.3 Å². The average Bonchev–Trinajstić information content (AvgIpc) is 2.44. The molecule has 2 aromatic carbocycles. The van der Waals surface area contributed by atoms with Crippen molar-refractivity contribution in [1.29, 1.82) is 5.26 Å². The largest absolute Gasteiger partial charge is 0.192 e. The van der Waals surface area contributed by atoms with Crippen LogP contribution in [0.2, 0.25) is 0 Å². The number of rotatable bonds is 2. The van der Waals surface area contributed by atoms with Crippen LogP contribution < -0.4 is 0 Å². The fraction of sp³-hybridized carbons (Fsp3) is 0.0625. The number of benzene rings is 2. The lowest BCUT2D eigenvalue weighted by atomic mass is 10.0. The molecule has 0 aliphatic heterocycles. The first-order valence-electron chi connectivity index (χ1n) is 5.76. The van der Waals surface area contributed by atoms with Crippen LogP contribution in [0.4, 0.5) is 0 Å². The number of halogens is 2. The molecule has 3 heteroatoms. The first kappa shape index (κ1) is 14.1. The molecular weight excluding hydrogens is 369 g/mol. The van der Waals surface area contributed by atoms with Gasteiger partial charge in [0.25, 0.3) is 0 Å². The number of hydrogen-bond donors (Lipinski definition) is 0. The summed E-state index contributed by atoms with van der Waals surface area (Å²) in [4.78, 5) is 0. The lowest BCUT2D eigenvalue weighted by Crippen LogP contribution is -1.91. The summed E-state index contributed by atoms with van der Waals surface area (Å²) in [6.45, 7) is 2.03. The lowest BCUT2D eigenvalue weighted by molar-refractivity contribution is 1.41. The number of allylic oxidation sites excluding steroid dienone is 1. The summed E-state index contributed by atoms with van der Waals surface area (Å²) in [6, 6.07) is 17.6. The van der Waals surface area contributed by atoms with Gasteiger partial charge in [0, 0.05) is 9.13 Å². The van der Waals surface area contributed by atoms with Crippen LogP contribution in [-0.4, -0.2) is 0 Å². The van der Waals surface area contributed by atoms with E-state index in [-0.39, 0.29) is 0 Å². The van der Waals surface area contributed by atoms with Gasteiger partial charge in [-0.15, -0.1) is 0 Å². The summed E-state index contributed by atoms with van der Waals surface area (Å²) in [7, 11) is 0. The Morgan fingerprint density at radius 3 is 2.42 bits per heavy atom. The molecule has 0 amide bonds. The Kier molecular flexibility index (Phi) is 4.62. The third-order valence-corrected chi connectivity index (χ3v) is 4.65. The number of nitriles is 1. The zero-order valence-electron chi connectivity index (χ0n) is 10.3. The van der Waals surface area contributed by atoms with Gasteiger partial charge >= 0.3 is 0 Å². The third-order valence-electron chi connectivity index (χ3n) is 2.82. The van der Waals surface area contributed by atoms with E-state index >= 15 is 0 Å². The number of nitrogens with zero attached hydrogens (tertiary/aromatic N) is 1. The number of aryl methyl sites for hydroxylation is 1. The quantitative estimate of drug-likeness (QED) is 0.398. The van der Waals surface area contributed by atoms with Gasteiger partial charge in [0.05, 0.1) is 10.6 Å².